The molecule has 242 valence electrons. The Morgan fingerprint density at radius 3 is 2.45 bits per heavy atom. The molecule has 3 aromatic carbocycles. The molecule has 4 aromatic rings. The van der Waals surface area contributed by atoms with Crippen molar-refractivity contribution in [2.24, 2.45) is 0 Å². The summed E-state index contributed by atoms with van der Waals surface area (Å²) in [6.45, 7) is 2.03. The number of thiophene rings is 1. The molecular formula is C36H34ClN3O5S2. The highest BCUT2D eigenvalue weighted by atomic mass is 35.5. The summed E-state index contributed by atoms with van der Waals surface area (Å²) in [5.74, 6) is -1.50. The monoisotopic (exact) mass is 687 g/mol. The number of ether oxygens (including phenoxy) is 1. The molecule has 0 radical (unpaired) electrons. The number of anilines is 2. The molecule has 0 saturated carbocycles. The van der Waals surface area contributed by atoms with Gasteiger partial charge < -0.3 is 20.7 Å². The average molecular weight is 688 g/mol. The number of nitrogens with one attached hydrogen (secondary N) is 3. The molecule has 47 heavy (non-hydrogen) atoms. The van der Waals surface area contributed by atoms with Crippen LogP contribution in [-0.4, -0.2) is 36.1 Å². The van der Waals surface area contributed by atoms with Crippen molar-refractivity contribution in [3.63, 3.8) is 0 Å². The first-order valence-corrected chi connectivity index (χ1v) is 17.5. The van der Waals surface area contributed by atoms with Crippen molar-refractivity contribution in [1.82, 2.24) is 5.32 Å². The number of rotatable bonds is 11. The maximum atomic E-state index is 13.4. The molecule has 0 spiro atoms. The highest BCUT2D eigenvalue weighted by molar-refractivity contribution is 8.00. The molecule has 3 amide bonds. The molecule has 0 bridgehead atoms. The van der Waals surface area contributed by atoms with Gasteiger partial charge in [0, 0.05) is 26.0 Å². The van der Waals surface area contributed by atoms with E-state index >= 15 is 0 Å². The van der Waals surface area contributed by atoms with E-state index in [4.69, 9.17) is 16.3 Å². The zero-order valence-electron chi connectivity index (χ0n) is 25.8. The van der Waals surface area contributed by atoms with Crippen LogP contribution in [0.4, 0.5) is 10.7 Å². The number of carbonyl (C=O) groups excluding carboxylic acids is 4. The quantitative estimate of drug-likeness (QED) is 0.0638. The minimum Gasteiger partial charge on any atom is -0.462 e. The third-order valence-electron chi connectivity index (χ3n) is 7.33. The van der Waals surface area contributed by atoms with Crippen molar-refractivity contribution in [3.8, 4) is 0 Å². The van der Waals surface area contributed by atoms with Crippen molar-refractivity contribution < 1.29 is 23.9 Å². The number of hydrogen-bond acceptors (Lipinski definition) is 7. The summed E-state index contributed by atoms with van der Waals surface area (Å²) in [6.07, 6.45) is 6.44. The molecule has 0 fully saturated rings. The number of hydrogen-bond donors (Lipinski definition) is 3. The van der Waals surface area contributed by atoms with E-state index in [9.17, 15) is 19.2 Å². The summed E-state index contributed by atoms with van der Waals surface area (Å²) < 4.78 is 5.33. The molecular weight excluding hydrogens is 654 g/mol. The second-order valence-electron chi connectivity index (χ2n) is 10.7. The Kier molecular flexibility index (Phi) is 11.9. The van der Waals surface area contributed by atoms with Gasteiger partial charge >= 0.3 is 5.97 Å². The van der Waals surface area contributed by atoms with E-state index in [2.05, 4.69) is 16.0 Å². The maximum absolute atomic E-state index is 13.4. The normalized spacial score (nSPS) is 12.8. The van der Waals surface area contributed by atoms with E-state index in [0.29, 0.717) is 32.4 Å². The van der Waals surface area contributed by atoms with E-state index in [-0.39, 0.29) is 24.0 Å². The van der Waals surface area contributed by atoms with Crippen molar-refractivity contribution >= 4 is 75.2 Å². The van der Waals surface area contributed by atoms with E-state index in [0.717, 1.165) is 47.4 Å². The number of halogens is 1. The van der Waals surface area contributed by atoms with Gasteiger partial charge in [-0.15, -0.1) is 23.1 Å². The minimum atomic E-state index is -0.520. The van der Waals surface area contributed by atoms with Crippen LogP contribution < -0.4 is 16.0 Å². The van der Waals surface area contributed by atoms with Gasteiger partial charge in [-0.2, -0.15) is 0 Å². The predicted molar refractivity (Wildman–Crippen MR) is 189 cm³/mol. The number of esters is 1. The molecule has 8 nitrogen and oxygen atoms in total. The predicted octanol–water partition coefficient (Wildman–Crippen LogP) is 7.99. The molecule has 0 aliphatic heterocycles. The number of carbonyl (C=O) groups is 4. The van der Waals surface area contributed by atoms with Gasteiger partial charge in [-0.25, -0.2) is 4.79 Å². The molecule has 1 aliphatic rings. The molecule has 0 atom stereocenters. The van der Waals surface area contributed by atoms with Crippen LogP contribution in [-0.2, 0) is 27.2 Å². The van der Waals surface area contributed by atoms with E-state index in [1.165, 1.54) is 23.1 Å². The minimum absolute atomic E-state index is 0.0466. The summed E-state index contributed by atoms with van der Waals surface area (Å²) in [5, 5.41) is 9.62. The van der Waals surface area contributed by atoms with Crippen molar-refractivity contribution in [3.05, 3.63) is 117 Å². The lowest BCUT2D eigenvalue weighted by Gasteiger charge is -2.12. The fourth-order valence-electron chi connectivity index (χ4n) is 5.09. The number of thioether (sulfide) groups is 1. The fraction of sp³-hybridized carbons (Fsp3) is 0.222. The summed E-state index contributed by atoms with van der Waals surface area (Å²) in [7, 11) is 0. The molecule has 11 heteroatoms. The third kappa shape index (κ3) is 9.34. The smallest absolute Gasteiger partial charge is 0.341 e. The summed E-state index contributed by atoms with van der Waals surface area (Å²) >= 11 is 8.79. The molecule has 1 heterocycles. The van der Waals surface area contributed by atoms with Crippen LogP contribution in [0.25, 0.3) is 6.08 Å². The highest BCUT2D eigenvalue weighted by Gasteiger charge is 2.26. The van der Waals surface area contributed by atoms with Gasteiger partial charge in [0.15, 0.2) is 0 Å². The van der Waals surface area contributed by atoms with Gasteiger partial charge in [0.1, 0.15) is 10.7 Å². The SMILES string of the molecule is CCOC(=O)c1c(NC(=O)CSc2cccc(NC(=O)/C(=C\c3ccc(Cl)cc3)NC(=O)c3ccccc3)c2)sc2c1CCCCC2. The molecule has 1 aliphatic carbocycles. The van der Waals surface area contributed by atoms with Crippen LogP contribution in [0.3, 0.4) is 0 Å². The largest absolute Gasteiger partial charge is 0.462 e. The van der Waals surface area contributed by atoms with Crippen LogP contribution in [0.1, 0.15) is 62.9 Å². The zero-order chi connectivity index (χ0) is 33.2. The number of aryl methyl sites for hydroxylation is 1. The first kappa shape index (κ1) is 34.0. The zero-order valence-corrected chi connectivity index (χ0v) is 28.2. The Hall–Kier alpha value is -4.38. The third-order valence-corrected chi connectivity index (χ3v) is 9.78. The lowest BCUT2D eigenvalue weighted by molar-refractivity contribution is -0.114. The Morgan fingerprint density at radius 2 is 1.68 bits per heavy atom. The van der Waals surface area contributed by atoms with Crippen LogP contribution in [0, 0.1) is 0 Å². The van der Waals surface area contributed by atoms with E-state index < -0.39 is 17.8 Å². The van der Waals surface area contributed by atoms with Gasteiger partial charge in [-0.05, 0) is 92.3 Å². The van der Waals surface area contributed by atoms with Crippen LogP contribution in [0.2, 0.25) is 5.02 Å². The maximum Gasteiger partial charge on any atom is 0.341 e. The standard InChI is InChI=1S/C36H34ClN3O5S2/c1-2-45-36(44)32-28-14-7-4-8-15-30(28)47-35(32)40-31(41)22-46-27-13-9-12-26(21-27)38-34(43)29(20-23-16-18-25(37)19-17-23)39-33(42)24-10-5-3-6-11-24/h3,5-6,9-13,16-21H,2,4,7-8,14-15,22H2,1H3,(H,38,43)(H,39,42)(H,40,41)/b29-20+. The second kappa shape index (κ2) is 16.4. The van der Waals surface area contributed by atoms with Crippen molar-refractivity contribution in [1.29, 1.82) is 0 Å². The Balaban J connectivity index is 1.26. The lowest BCUT2D eigenvalue weighted by Crippen LogP contribution is -2.30. The molecule has 1 aromatic heterocycles. The second-order valence-corrected chi connectivity index (χ2v) is 13.3. The van der Waals surface area contributed by atoms with Gasteiger partial charge in [0.25, 0.3) is 11.8 Å². The topological polar surface area (TPSA) is 114 Å². The molecule has 0 unspecified atom stereocenters. The lowest BCUT2D eigenvalue weighted by atomic mass is 10.1. The van der Waals surface area contributed by atoms with Crippen molar-refractivity contribution in [2.75, 3.05) is 23.0 Å². The van der Waals surface area contributed by atoms with Gasteiger partial charge in [-0.1, -0.05) is 54.4 Å². The Morgan fingerprint density at radius 1 is 0.915 bits per heavy atom. The summed E-state index contributed by atoms with van der Waals surface area (Å²) in [5.41, 5.74) is 3.11. The number of benzene rings is 3. The van der Waals surface area contributed by atoms with Crippen molar-refractivity contribution in [2.45, 2.75) is 43.9 Å². The average Bonchev–Trinajstić information content (AvgIpc) is 3.24. The highest BCUT2D eigenvalue weighted by Crippen LogP contribution is 2.38. The first-order valence-electron chi connectivity index (χ1n) is 15.3. The molecule has 3 N–H and O–H groups in total. The van der Waals surface area contributed by atoms with Crippen LogP contribution in [0.15, 0.2) is 89.5 Å². The van der Waals surface area contributed by atoms with Gasteiger partial charge in [0.05, 0.1) is 17.9 Å². The Bertz CT molecular complexity index is 1790. The van der Waals surface area contributed by atoms with E-state index in [1.54, 1.807) is 85.8 Å². The number of amides is 3. The fourth-order valence-corrected chi connectivity index (χ4v) is 7.27. The Labute approximate surface area is 286 Å². The molecule has 5 rings (SSSR count). The van der Waals surface area contributed by atoms with Gasteiger partial charge in [0.2, 0.25) is 5.91 Å². The number of fused-ring (bicyclic) bond motifs is 1. The van der Waals surface area contributed by atoms with Gasteiger partial charge in [-0.3, -0.25) is 14.4 Å². The summed E-state index contributed by atoms with van der Waals surface area (Å²) in [4.78, 5) is 54.2. The summed E-state index contributed by atoms with van der Waals surface area (Å²) in [6, 6.07) is 22.6. The molecule has 0 saturated heterocycles. The first-order chi connectivity index (χ1) is 22.8. The van der Waals surface area contributed by atoms with Crippen LogP contribution >= 0.6 is 34.7 Å². The van der Waals surface area contributed by atoms with E-state index in [1.807, 2.05) is 6.07 Å². The van der Waals surface area contributed by atoms with Crippen LogP contribution in [0.5, 0.6) is 0 Å².